The van der Waals surface area contributed by atoms with Gasteiger partial charge < -0.3 is 18.5 Å². The van der Waals surface area contributed by atoms with Gasteiger partial charge >= 0.3 is 7.60 Å². The molecule has 0 saturated heterocycles. The highest BCUT2D eigenvalue weighted by molar-refractivity contribution is 7.54. The molecule has 7 nitrogen and oxygen atoms in total. The van der Waals surface area contributed by atoms with Crippen molar-refractivity contribution in [2.45, 2.75) is 26.1 Å². The third-order valence-electron chi connectivity index (χ3n) is 4.78. The lowest BCUT2D eigenvalue weighted by atomic mass is 9.97. The predicted molar refractivity (Wildman–Crippen MR) is 116 cm³/mol. The number of hydrogen-bond acceptors (Lipinski definition) is 6. The van der Waals surface area contributed by atoms with Crippen LogP contribution in [0.1, 0.15) is 30.8 Å². The minimum absolute atomic E-state index is 0.0942. The van der Waals surface area contributed by atoms with E-state index in [4.69, 9.17) is 30.1 Å². The van der Waals surface area contributed by atoms with E-state index in [1.165, 1.54) is 19.1 Å². The molecule has 2 aromatic carbocycles. The van der Waals surface area contributed by atoms with Crippen molar-refractivity contribution in [3.63, 3.8) is 0 Å². The van der Waals surface area contributed by atoms with Crippen molar-refractivity contribution in [2.75, 3.05) is 32.3 Å². The van der Waals surface area contributed by atoms with Crippen LogP contribution in [-0.2, 0) is 24.8 Å². The highest BCUT2D eigenvalue weighted by atomic mass is 35.5. The Morgan fingerprint density at radius 3 is 2.27 bits per heavy atom. The molecule has 1 aliphatic heterocycles. The Morgan fingerprint density at radius 2 is 1.70 bits per heavy atom. The minimum Gasteiger partial charge on any atom is -0.493 e. The average Bonchev–Trinajstić information content (AvgIpc) is 2.72. The first kappa shape index (κ1) is 22.6. The zero-order valence-electron chi connectivity index (χ0n) is 17.4. The molecule has 0 fully saturated rings. The van der Waals surface area contributed by atoms with Gasteiger partial charge in [-0.15, -0.1) is 0 Å². The number of anilines is 1. The topological polar surface area (TPSA) is 74.3 Å². The lowest BCUT2D eigenvalue weighted by molar-refractivity contribution is -0.118. The van der Waals surface area contributed by atoms with Crippen LogP contribution in [0.5, 0.6) is 11.5 Å². The normalized spacial score (nSPS) is 16.4. The molecule has 3 rings (SSSR count). The predicted octanol–water partition coefficient (Wildman–Crippen LogP) is 5.21. The summed E-state index contributed by atoms with van der Waals surface area (Å²) in [4.78, 5) is 14.7. The number of benzene rings is 2. The Balaban J connectivity index is 2.28. The van der Waals surface area contributed by atoms with Gasteiger partial charge in [0.2, 0.25) is 5.91 Å². The second kappa shape index (κ2) is 9.40. The third kappa shape index (κ3) is 4.21. The van der Waals surface area contributed by atoms with Crippen molar-refractivity contribution >= 4 is 30.8 Å². The number of methoxy groups -OCH3 is 2. The molecule has 0 aromatic heterocycles. The Morgan fingerprint density at radius 1 is 1.07 bits per heavy atom. The molecule has 1 unspecified atom stereocenters. The fraction of sp³-hybridized carbons (Fsp3) is 0.381. The van der Waals surface area contributed by atoms with E-state index in [1.54, 1.807) is 50.2 Å². The molecule has 0 saturated carbocycles. The summed E-state index contributed by atoms with van der Waals surface area (Å²) in [5.74, 6) is -0.295. The first-order chi connectivity index (χ1) is 14.4. The fourth-order valence-corrected chi connectivity index (χ4v) is 6.00. The van der Waals surface area contributed by atoms with Gasteiger partial charge in [-0.2, -0.15) is 0 Å². The lowest BCUT2D eigenvalue weighted by Gasteiger charge is -2.40. The van der Waals surface area contributed by atoms with Gasteiger partial charge in [0.05, 0.1) is 33.9 Å². The molecule has 9 heteroatoms. The quantitative estimate of drug-likeness (QED) is 0.511. The molecule has 0 aliphatic carbocycles. The average molecular weight is 454 g/mol. The molecule has 1 aliphatic rings. The van der Waals surface area contributed by atoms with E-state index in [0.717, 1.165) is 0 Å². The van der Waals surface area contributed by atoms with Crippen LogP contribution in [0, 0.1) is 0 Å². The van der Waals surface area contributed by atoms with E-state index in [0.29, 0.717) is 33.3 Å². The molecule has 0 N–H and O–H groups in total. The zero-order valence-corrected chi connectivity index (χ0v) is 19.0. The smallest absolute Gasteiger partial charge is 0.357 e. The summed E-state index contributed by atoms with van der Waals surface area (Å²) in [5.41, 5.74) is 1.82. The molecule has 0 spiro atoms. The first-order valence-corrected chi connectivity index (χ1v) is 11.6. The molecule has 0 bridgehead atoms. The lowest BCUT2D eigenvalue weighted by Crippen LogP contribution is -2.41. The summed E-state index contributed by atoms with van der Waals surface area (Å²) in [6, 6.07) is 10.3. The number of halogens is 1. The maximum absolute atomic E-state index is 14.0. The summed E-state index contributed by atoms with van der Waals surface area (Å²) >= 11 is 6.18. The molecule has 162 valence electrons. The molecule has 1 atom stereocenters. The number of ether oxygens (including phenoxy) is 2. The van der Waals surface area contributed by atoms with Crippen LogP contribution >= 0.6 is 19.2 Å². The Labute approximate surface area is 181 Å². The second-order valence-electron chi connectivity index (χ2n) is 6.58. The molecular weight excluding hydrogens is 429 g/mol. The van der Waals surface area contributed by atoms with Crippen molar-refractivity contribution in [3.8, 4) is 11.5 Å². The molecular formula is C21H25ClNO6P. The third-order valence-corrected chi connectivity index (χ3v) is 7.36. The number of nitrogens with zero attached hydrogens (tertiary/aromatic N) is 1. The van der Waals surface area contributed by atoms with E-state index < -0.39 is 13.4 Å². The highest BCUT2D eigenvalue weighted by Crippen LogP contribution is 2.65. The summed E-state index contributed by atoms with van der Waals surface area (Å²) in [7, 11) is -0.745. The molecule has 0 radical (unpaired) electrons. The Kier molecular flexibility index (Phi) is 7.09. The number of carbonyl (C=O) groups excluding carboxylic acids is 1. The number of fused-ring (bicyclic) bond motifs is 1. The van der Waals surface area contributed by atoms with Gasteiger partial charge in [0.1, 0.15) is 0 Å². The van der Waals surface area contributed by atoms with Crippen LogP contribution < -0.4 is 14.4 Å². The van der Waals surface area contributed by atoms with Crippen LogP contribution in [0.3, 0.4) is 0 Å². The number of rotatable bonds is 8. The van der Waals surface area contributed by atoms with Crippen molar-refractivity contribution in [3.05, 3.63) is 52.5 Å². The van der Waals surface area contributed by atoms with Crippen molar-refractivity contribution in [1.82, 2.24) is 0 Å². The van der Waals surface area contributed by atoms with Crippen LogP contribution in [0.25, 0.3) is 0 Å². The van der Waals surface area contributed by atoms with Crippen molar-refractivity contribution < 1.29 is 27.9 Å². The first-order valence-electron chi connectivity index (χ1n) is 9.59. The van der Waals surface area contributed by atoms with Crippen LogP contribution in [0.4, 0.5) is 5.69 Å². The molecule has 2 aromatic rings. The monoisotopic (exact) mass is 453 g/mol. The summed E-state index contributed by atoms with van der Waals surface area (Å²) in [5, 5.41) is 0.458. The van der Waals surface area contributed by atoms with E-state index in [2.05, 4.69) is 0 Å². The minimum atomic E-state index is -3.79. The number of carbonyl (C=O) groups is 1. The van der Waals surface area contributed by atoms with Gasteiger partial charge in [-0.05, 0) is 55.3 Å². The summed E-state index contributed by atoms with van der Waals surface area (Å²) in [6.07, 6.45) is 0.0942. The number of hydrogen-bond donors (Lipinski definition) is 0. The largest absolute Gasteiger partial charge is 0.493 e. The van der Waals surface area contributed by atoms with Crippen LogP contribution in [-0.4, -0.2) is 33.3 Å². The van der Waals surface area contributed by atoms with Crippen LogP contribution in [0.15, 0.2) is 36.4 Å². The van der Waals surface area contributed by atoms with Gasteiger partial charge in [-0.25, -0.2) is 0 Å². The van der Waals surface area contributed by atoms with Crippen molar-refractivity contribution in [1.29, 1.82) is 0 Å². The highest BCUT2D eigenvalue weighted by Gasteiger charge is 2.48. The van der Waals surface area contributed by atoms with Gasteiger partial charge in [0.15, 0.2) is 17.3 Å². The summed E-state index contributed by atoms with van der Waals surface area (Å²) < 4.78 is 36.1. The van der Waals surface area contributed by atoms with Gasteiger partial charge in [0.25, 0.3) is 0 Å². The van der Waals surface area contributed by atoms with E-state index in [-0.39, 0.29) is 25.5 Å². The fourth-order valence-electron chi connectivity index (χ4n) is 3.62. The molecule has 1 amide bonds. The Bertz CT molecular complexity index is 972. The standard InChI is InChI=1S/C21H25ClNO6P/c1-5-28-30(25,29-6-2)21-17-13-19(27-4)18(26-3)10-14(17)11-20(24)23(21)16-9-7-8-15(22)12-16/h7-10,12-13,21H,5-6,11H2,1-4H3. The summed E-state index contributed by atoms with van der Waals surface area (Å²) in [6.45, 7) is 3.78. The maximum Gasteiger partial charge on any atom is 0.357 e. The zero-order chi connectivity index (χ0) is 21.9. The maximum atomic E-state index is 14.0. The molecule has 1 heterocycles. The van der Waals surface area contributed by atoms with E-state index in [1.807, 2.05) is 0 Å². The van der Waals surface area contributed by atoms with Crippen molar-refractivity contribution in [2.24, 2.45) is 0 Å². The van der Waals surface area contributed by atoms with Gasteiger partial charge in [0, 0.05) is 10.7 Å². The van der Waals surface area contributed by atoms with Gasteiger partial charge in [-0.1, -0.05) is 17.7 Å². The number of amides is 1. The van der Waals surface area contributed by atoms with Gasteiger partial charge in [-0.3, -0.25) is 14.3 Å². The Hall–Kier alpha value is -2.05. The van der Waals surface area contributed by atoms with E-state index >= 15 is 0 Å². The van der Waals surface area contributed by atoms with E-state index in [9.17, 15) is 9.36 Å². The second-order valence-corrected chi connectivity index (χ2v) is 9.10. The molecule has 30 heavy (non-hydrogen) atoms. The van der Waals surface area contributed by atoms with Crippen LogP contribution in [0.2, 0.25) is 5.02 Å². The SMILES string of the molecule is CCOP(=O)(OCC)C1c2cc(OC)c(OC)cc2CC(=O)N1c1cccc(Cl)c1.